The first-order valence-electron chi connectivity index (χ1n) is 6.64. The van der Waals surface area contributed by atoms with Crippen LogP contribution < -0.4 is 14.8 Å². The predicted octanol–water partition coefficient (Wildman–Crippen LogP) is 2.68. The van der Waals surface area contributed by atoms with Crippen molar-refractivity contribution in [2.75, 3.05) is 21.3 Å². The van der Waals surface area contributed by atoms with Gasteiger partial charge in [0.2, 0.25) is 0 Å². The number of hydrogen-bond donors (Lipinski definition) is 1. The van der Waals surface area contributed by atoms with E-state index in [2.05, 4.69) is 23.4 Å². The van der Waals surface area contributed by atoms with Crippen molar-refractivity contribution in [3.63, 3.8) is 0 Å². The van der Waals surface area contributed by atoms with E-state index in [4.69, 9.17) is 9.47 Å². The monoisotopic (exact) mass is 295 g/mol. The van der Waals surface area contributed by atoms with Crippen LogP contribution in [0, 0.1) is 0 Å². The number of methoxy groups -OCH3 is 2. The predicted molar refractivity (Wildman–Crippen MR) is 80.8 cm³/mol. The third kappa shape index (κ3) is 2.81. The van der Waals surface area contributed by atoms with Crippen LogP contribution in [0.25, 0.3) is 0 Å². The summed E-state index contributed by atoms with van der Waals surface area (Å²) in [5.41, 5.74) is 1.06. The molecule has 5 nitrogen and oxygen atoms in total. The molecule has 1 atom stereocenters. The number of ether oxygens (including phenoxy) is 2. The number of nitrogens with zero attached hydrogens (tertiary/aromatic N) is 2. The van der Waals surface area contributed by atoms with Crippen LogP contribution in [0.5, 0.6) is 11.5 Å². The molecule has 0 amide bonds. The van der Waals surface area contributed by atoms with E-state index in [1.165, 1.54) is 4.88 Å². The van der Waals surface area contributed by atoms with E-state index in [1.54, 1.807) is 31.8 Å². The zero-order valence-corrected chi connectivity index (χ0v) is 13.2. The van der Waals surface area contributed by atoms with Gasteiger partial charge in [-0.2, -0.15) is 5.10 Å². The fourth-order valence-corrected chi connectivity index (χ4v) is 3.19. The molecule has 0 aromatic carbocycles. The van der Waals surface area contributed by atoms with Crippen molar-refractivity contribution in [2.24, 2.45) is 0 Å². The highest BCUT2D eigenvalue weighted by atomic mass is 32.1. The second kappa shape index (κ2) is 6.76. The maximum Gasteiger partial charge on any atom is 0.161 e. The molecule has 0 aliphatic heterocycles. The average Bonchev–Trinajstić information content (AvgIpc) is 3.08. The van der Waals surface area contributed by atoms with E-state index < -0.39 is 0 Å². The number of aromatic nitrogens is 2. The zero-order valence-electron chi connectivity index (χ0n) is 12.3. The fourth-order valence-electron chi connectivity index (χ4n) is 2.22. The molecule has 2 aromatic heterocycles. The largest absolute Gasteiger partial charge is 0.496 e. The highest BCUT2D eigenvalue weighted by molar-refractivity contribution is 7.10. The van der Waals surface area contributed by atoms with Crippen molar-refractivity contribution in [2.45, 2.75) is 25.9 Å². The standard InChI is InChI=1S/C14H21N3O2S/c1-5-6-17-14(11(19-4)8-16-17)13(15-2)12-7-10(18-3)9-20-12/h7-9,13,15H,5-6H2,1-4H3. The molecular weight excluding hydrogens is 274 g/mol. The van der Waals surface area contributed by atoms with Crippen molar-refractivity contribution in [3.8, 4) is 11.5 Å². The minimum atomic E-state index is 0.0490. The summed E-state index contributed by atoms with van der Waals surface area (Å²) in [7, 11) is 5.31. The minimum absolute atomic E-state index is 0.0490. The first-order valence-corrected chi connectivity index (χ1v) is 7.52. The van der Waals surface area contributed by atoms with Crippen LogP contribution in [0.3, 0.4) is 0 Å². The van der Waals surface area contributed by atoms with Gasteiger partial charge in [-0.15, -0.1) is 11.3 Å². The number of nitrogens with one attached hydrogen (secondary N) is 1. The smallest absolute Gasteiger partial charge is 0.161 e. The quantitative estimate of drug-likeness (QED) is 0.853. The van der Waals surface area contributed by atoms with Gasteiger partial charge in [-0.3, -0.25) is 4.68 Å². The normalized spacial score (nSPS) is 12.4. The Balaban J connectivity index is 2.41. The van der Waals surface area contributed by atoms with Gasteiger partial charge in [-0.25, -0.2) is 0 Å². The molecular formula is C14H21N3O2S. The lowest BCUT2D eigenvalue weighted by Gasteiger charge is -2.18. The third-order valence-corrected chi connectivity index (χ3v) is 4.15. The Labute approximate surface area is 123 Å². The first-order chi connectivity index (χ1) is 9.74. The Bertz CT molecular complexity index is 550. The molecule has 0 saturated heterocycles. The molecule has 0 radical (unpaired) electrons. The Hall–Kier alpha value is -1.53. The second-order valence-corrected chi connectivity index (χ2v) is 5.37. The van der Waals surface area contributed by atoms with Crippen LogP contribution >= 0.6 is 11.3 Å². The number of thiophene rings is 1. The molecule has 0 fully saturated rings. The summed E-state index contributed by atoms with van der Waals surface area (Å²) in [4.78, 5) is 1.18. The summed E-state index contributed by atoms with van der Waals surface area (Å²) in [5, 5.41) is 9.78. The van der Waals surface area contributed by atoms with Gasteiger partial charge in [0.05, 0.1) is 26.5 Å². The van der Waals surface area contributed by atoms with Gasteiger partial charge < -0.3 is 14.8 Å². The molecule has 0 saturated carbocycles. The Kier molecular flexibility index (Phi) is 5.03. The molecule has 1 unspecified atom stereocenters. The van der Waals surface area contributed by atoms with E-state index in [9.17, 15) is 0 Å². The maximum absolute atomic E-state index is 5.46. The van der Waals surface area contributed by atoms with Crippen LogP contribution in [0.1, 0.15) is 30.0 Å². The van der Waals surface area contributed by atoms with Gasteiger partial charge in [0.15, 0.2) is 5.75 Å². The molecule has 1 N–H and O–H groups in total. The summed E-state index contributed by atoms with van der Waals surface area (Å²) in [6, 6.07) is 2.10. The number of rotatable bonds is 7. The van der Waals surface area contributed by atoms with Crippen molar-refractivity contribution in [1.82, 2.24) is 15.1 Å². The Morgan fingerprint density at radius 2 is 2.20 bits per heavy atom. The molecule has 0 bridgehead atoms. The molecule has 6 heteroatoms. The molecule has 0 aliphatic carbocycles. The number of aryl methyl sites for hydroxylation is 1. The highest BCUT2D eigenvalue weighted by Gasteiger charge is 2.23. The van der Waals surface area contributed by atoms with Crippen molar-refractivity contribution in [1.29, 1.82) is 0 Å². The van der Waals surface area contributed by atoms with Crippen molar-refractivity contribution < 1.29 is 9.47 Å². The third-order valence-electron chi connectivity index (χ3n) is 3.18. The zero-order chi connectivity index (χ0) is 14.5. The molecule has 110 valence electrons. The van der Waals surface area contributed by atoms with Crippen molar-refractivity contribution >= 4 is 11.3 Å². The summed E-state index contributed by atoms with van der Waals surface area (Å²) in [6.07, 6.45) is 2.81. The lowest BCUT2D eigenvalue weighted by atomic mass is 10.1. The van der Waals surface area contributed by atoms with Gasteiger partial charge in [0.25, 0.3) is 0 Å². The lowest BCUT2D eigenvalue weighted by molar-refractivity contribution is 0.400. The topological polar surface area (TPSA) is 48.3 Å². The van der Waals surface area contributed by atoms with Gasteiger partial charge >= 0.3 is 0 Å². The van der Waals surface area contributed by atoms with Crippen LogP contribution in [0.4, 0.5) is 0 Å². The Morgan fingerprint density at radius 1 is 1.40 bits per heavy atom. The second-order valence-electron chi connectivity index (χ2n) is 4.43. The summed E-state index contributed by atoms with van der Waals surface area (Å²) >= 11 is 1.67. The molecule has 20 heavy (non-hydrogen) atoms. The van der Waals surface area contributed by atoms with Crippen LogP contribution in [-0.4, -0.2) is 31.0 Å². The molecule has 2 heterocycles. The van der Waals surface area contributed by atoms with E-state index in [-0.39, 0.29) is 6.04 Å². The number of hydrogen-bond acceptors (Lipinski definition) is 5. The van der Waals surface area contributed by atoms with Gasteiger partial charge in [-0.1, -0.05) is 6.92 Å². The lowest BCUT2D eigenvalue weighted by Crippen LogP contribution is -2.21. The Morgan fingerprint density at radius 3 is 2.75 bits per heavy atom. The summed E-state index contributed by atoms with van der Waals surface area (Å²) in [6.45, 7) is 3.01. The van der Waals surface area contributed by atoms with Gasteiger partial charge in [0.1, 0.15) is 11.4 Å². The molecule has 2 aromatic rings. The molecule has 0 spiro atoms. The maximum atomic E-state index is 5.46. The van der Waals surface area contributed by atoms with E-state index in [1.807, 2.05) is 17.1 Å². The van der Waals surface area contributed by atoms with Crippen LogP contribution in [-0.2, 0) is 6.54 Å². The van der Waals surface area contributed by atoms with Crippen LogP contribution in [0.15, 0.2) is 17.6 Å². The van der Waals surface area contributed by atoms with Gasteiger partial charge in [-0.05, 0) is 19.5 Å². The summed E-state index contributed by atoms with van der Waals surface area (Å²) < 4.78 is 12.7. The van der Waals surface area contributed by atoms with E-state index in [0.29, 0.717) is 0 Å². The van der Waals surface area contributed by atoms with Crippen molar-refractivity contribution in [3.05, 3.63) is 28.2 Å². The van der Waals surface area contributed by atoms with Crippen LogP contribution in [0.2, 0.25) is 0 Å². The molecule has 2 rings (SSSR count). The van der Waals surface area contributed by atoms with E-state index >= 15 is 0 Å². The SMILES string of the molecule is CCCn1ncc(OC)c1C(NC)c1cc(OC)cs1. The minimum Gasteiger partial charge on any atom is -0.496 e. The van der Waals surface area contributed by atoms with Gasteiger partial charge in [0, 0.05) is 16.8 Å². The highest BCUT2D eigenvalue weighted by Crippen LogP contribution is 2.35. The summed E-state index contributed by atoms with van der Waals surface area (Å²) in [5.74, 6) is 1.69. The first kappa shape index (κ1) is 14.9. The molecule has 0 aliphatic rings. The van der Waals surface area contributed by atoms with E-state index in [0.717, 1.165) is 30.2 Å². The average molecular weight is 295 g/mol. The fraction of sp³-hybridized carbons (Fsp3) is 0.500.